The third-order valence-corrected chi connectivity index (χ3v) is 4.79. The number of carbonyl (C=O) groups is 2. The highest BCUT2D eigenvalue weighted by atomic mass is 35.5. The van der Waals surface area contributed by atoms with Crippen molar-refractivity contribution in [2.75, 3.05) is 0 Å². The van der Waals surface area contributed by atoms with Gasteiger partial charge < -0.3 is 4.74 Å². The van der Waals surface area contributed by atoms with Crippen LogP contribution < -0.4 is 4.74 Å². The molecule has 0 saturated heterocycles. The van der Waals surface area contributed by atoms with Crippen molar-refractivity contribution in [1.29, 1.82) is 0 Å². The number of rotatable bonds is 3. The molecule has 1 aromatic heterocycles. The summed E-state index contributed by atoms with van der Waals surface area (Å²) >= 11 is 13.7. The fourth-order valence-corrected chi connectivity index (χ4v) is 3.30. The fourth-order valence-electron chi connectivity index (χ4n) is 2.13. The molecular weight excluding hydrogens is 319 g/mol. The Hall–Kier alpha value is -1.36. The fraction of sp³-hybridized carbons (Fsp3) is 0.143. The Morgan fingerprint density at radius 1 is 1.40 bits per heavy atom. The van der Waals surface area contributed by atoms with Gasteiger partial charge in [-0.05, 0) is 17.5 Å². The van der Waals surface area contributed by atoms with Gasteiger partial charge in [-0.25, -0.2) is 0 Å². The molecule has 20 heavy (non-hydrogen) atoms. The number of fused-ring (bicyclic) bond motifs is 1. The maximum Gasteiger partial charge on any atom is 0.204 e. The summed E-state index contributed by atoms with van der Waals surface area (Å²) < 4.78 is 5.40. The lowest BCUT2D eigenvalue weighted by atomic mass is 10.0. The molecule has 0 N–H and O–H groups in total. The lowest BCUT2D eigenvalue weighted by Gasteiger charge is -2.09. The minimum atomic E-state index is -0.564. The van der Waals surface area contributed by atoms with Crippen LogP contribution in [-0.4, -0.2) is 18.2 Å². The summed E-state index contributed by atoms with van der Waals surface area (Å²) in [5, 5.41) is 2.17. The van der Waals surface area contributed by atoms with Crippen LogP contribution in [0, 0.1) is 0 Å². The smallest absolute Gasteiger partial charge is 0.204 e. The molecule has 0 bridgehead atoms. The molecule has 0 aliphatic carbocycles. The Bertz CT molecular complexity index is 695. The van der Waals surface area contributed by atoms with Gasteiger partial charge >= 0.3 is 0 Å². The van der Waals surface area contributed by atoms with E-state index in [4.69, 9.17) is 27.9 Å². The second-order valence-electron chi connectivity index (χ2n) is 4.34. The number of hydrogen-bond acceptors (Lipinski definition) is 4. The van der Waals surface area contributed by atoms with Crippen molar-refractivity contribution in [3.8, 4) is 5.75 Å². The van der Waals surface area contributed by atoms with E-state index in [1.54, 1.807) is 18.2 Å². The van der Waals surface area contributed by atoms with Gasteiger partial charge in [0.25, 0.3) is 0 Å². The normalized spacial score (nSPS) is 16.6. The first kappa shape index (κ1) is 13.6. The predicted octanol–water partition coefficient (Wildman–Crippen LogP) is 3.79. The Balaban J connectivity index is 2.09. The molecule has 1 aromatic carbocycles. The Kier molecular flexibility index (Phi) is 3.54. The summed E-state index contributed by atoms with van der Waals surface area (Å²) in [6.07, 6.45) is 0.552. The number of benzene rings is 1. The lowest BCUT2D eigenvalue weighted by molar-refractivity contribution is -0.113. The number of carbonyl (C=O) groups excluding carboxylic acids is 2. The maximum absolute atomic E-state index is 12.4. The van der Waals surface area contributed by atoms with E-state index in [9.17, 15) is 9.59 Å². The summed E-state index contributed by atoms with van der Waals surface area (Å²) in [5.74, 6) is 0.223. The summed E-state index contributed by atoms with van der Waals surface area (Å²) in [4.78, 5) is 23.8. The monoisotopic (exact) mass is 326 g/mol. The van der Waals surface area contributed by atoms with Crippen LogP contribution in [0.5, 0.6) is 5.75 Å². The van der Waals surface area contributed by atoms with Crippen LogP contribution in [0.2, 0.25) is 10.0 Å². The summed E-state index contributed by atoms with van der Waals surface area (Å²) in [6.45, 7) is 0. The molecule has 3 rings (SSSR count). The van der Waals surface area contributed by atoms with Gasteiger partial charge in [-0.2, -0.15) is 0 Å². The van der Waals surface area contributed by atoms with E-state index < -0.39 is 6.10 Å². The molecule has 0 amide bonds. The van der Waals surface area contributed by atoms with Gasteiger partial charge in [0.1, 0.15) is 10.8 Å². The van der Waals surface area contributed by atoms with Crippen LogP contribution in [0.15, 0.2) is 23.6 Å². The van der Waals surface area contributed by atoms with Crippen molar-refractivity contribution >= 4 is 46.6 Å². The van der Waals surface area contributed by atoms with Crippen LogP contribution in [0.3, 0.4) is 0 Å². The zero-order valence-corrected chi connectivity index (χ0v) is 12.4. The molecule has 1 aliphatic rings. The number of ether oxygens (including phenoxy) is 1. The molecule has 0 spiro atoms. The van der Waals surface area contributed by atoms with Gasteiger partial charge in [0, 0.05) is 17.5 Å². The average Bonchev–Trinajstić information content (AvgIpc) is 3.10. The largest absolute Gasteiger partial charge is 0.481 e. The van der Waals surface area contributed by atoms with Crippen LogP contribution in [0.25, 0.3) is 0 Å². The standard InChI is InChI=1S/C14H8Cl2O3S/c15-11-9(13(18)10-2-1-3-20-10)5-7-4-8(6-17)19-14(7)12(11)16/h1-3,5-6,8H,4H2. The Morgan fingerprint density at radius 3 is 2.85 bits per heavy atom. The highest BCUT2D eigenvalue weighted by Gasteiger charge is 2.29. The zero-order chi connectivity index (χ0) is 14.3. The van der Waals surface area contributed by atoms with Crippen LogP contribution >= 0.6 is 34.5 Å². The molecule has 0 saturated carbocycles. The van der Waals surface area contributed by atoms with Crippen molar-refractivity contribution < 1.29 is 14.3 Å². The molecule has 2 heterocycles. The van der Waals surface area contributed by atoms with Gasteiger partial charge in [0.05, 0.1) is 9.90 Å². The highest BCUT2D eigenvalue weighted by molar-refractivity contribution is 7.12. The maximum atomic E-state index is 12.4. The third kappa shape index (κ3) is 2.14. The van der Waals surface area contributed by atoms with Crippen LogP contribution in [0.1, 0.15) is 20.8 Å². The van der Waals surface area contributed by atoms with Crippen molar-refractivity contribution in [3.63, 3.8) is 0 Å². The molecule has 0 radical (unpaired) electrons. The SMILES string of the molecule is O=CC1Cc2cc(C(=O)c3cccs3)c(Cl)c(Cl)c2O1. The first-order valence-electron chi connectivity index (χ1n) is 5.83. The molecule has 1 aliphatic heterocycles. The molecule has 6 heteroatoms. The van der Waals surface area contributed by atoms with Crippen molar-refractivity contribution in [3.05, 3.63) is 49.6 Å². The second kappa shape index (κ2) is 5.20. The number of hydrogen-bond donors (Lipinski definition) is 0. The third-order valence-electron chi connectivity index (χ3n) is 3.07. The molecule has 0 fully saturated rings. The van der Waals surface area contributed by atoms with Crippen LogP contribution in [-0.2, 0) is 11.2 Å². The molecule has 3 nitrogen and oxygen atoms in total. The Labute approximate surface area is 129 Å². The summed E-state index contributed by atoms with van der Waals surface area (Å²) in [5.41, 5.74) is 1.07. The zero-order valence-electron chi connectivity index (χ0n) is 10.1. The van der Waals surface area contributed by atoms with E-state index in [-0.39, 0.29) is 15.8 Å². The van der Waals surface area contributed by atoms with Gasteiger partial charge in [-0.1, -0.05) is 29.3 Å². The predicted molar refractivity (Wildman–Crippen MR) is 78.4 cm³/mol. The van der Waals surface area contributed by atoms with E-state index in [2.05, 4.69) is 0 Å². The minimum Gasteiger partial charge on any atom is -0.481 e. The number of halogens is 2. The highest BCUT2D eigenvalue weighted by Crippen LogP contribution is 2.42. The van der Waals surface area contributed by atoms with Gasteiger partial charge in [-0.15, -0.1) is 11.3 Å². The van der Waals surface area contributed by atoms with Crippen molar-refractivity contribution in [2.45, 2.75) is 12.5 Å². The minimum absolute atomic E-state index is 0.162. The molecule has 102 valence electrons. The first-order chi connectivity index (χ1) is 9.61. The van der Waals surface area contributed by atoms with E-state index >= 15 is 0 Å². The van der Waals surface area contributed by atoms with Crippen molar-refractivity contribution in [2.24, 2.45) is 0 Å². The van der Waals surface area contributed by atoms with E-state index in [0.717, 1.165) is 5.56 Å². The molecule has 1 atom stereocenters. The van der Waals surface area contributed by atoms with Gasteiger partial charge in [0.15, 0.2) is 12.4 Å². The Morgan fingerprint density at radius 2 is 2.20 bits per heavy atom. The van der Waals surface area contributed by atoms with E-state index in [0.29, 0.717) is 28.9 Å². The molecular formula is C14H8Cl2O3S. The quantitative estimate of drug-likeness (QED) is 0.636. The molecule has 1 unspecified atom stereocenters. The number of aldehydes is 1. The number of thiophene rings is 1. The molecule has 2 aromatic rings. The lowest BCUT2D eigenvalue weighted by Crippen LogP contribution is -2.13. The van der Waals surface area contributed by atoms with Crippen molar-refractivity contribution in [1.82, 2.24) is 0 Å². The summed E-state index contributed by atoms with van der Waals surface area (Å²) in [7, 11) is 0. The first-order valence-corrected chi connectivity index (χ1v) is 7.46. The second-order valence-corrected chi connectivity index (χ2v) is 6.05. The average molecular weight is 327 g/mol. The van der Waals surface area contributed by atoms with Gasteiger partial charge in [-0.3, -0.25) is 9.59 Å². The van der Waals surface area contributed by atoms with Crippen LogP contribution in [0.4, 0.5) is 0 Å². The number of ketones is 1. The van der Waals surface area contributed by atoms with Gasteiger partial charge in [0.2, 0.25) is 5.78 Å². The topological polar surface area (TPSA) is 43.4 Å². The van der Waals surface area contributed by atoms with E-state index in [1.807, 2.05) is 5.38 Å². The van der Waals surface area contributed by atoms with E-state index in [1.165, 1.54) is 11.3 Å². The summed E-state index contributed by atoms with van der Waals surface area (Å²) in [6, 6.07) is 5.19.